The molecule has 0 bridgehead atoms. The highest BCUT2D eigenvalue weighted by atomic mass is 28.4. The van der Waals surface area contributed by atoms with Gasteiger partial charge in [0.25, 0.3) is 0 Å². The fourth-order valence-electron chi connectivity index (χ4n) is 6.58. The molecule has 1 saturated heterocycles. The molecule has 4 rings (SSSR count). The van der Waals surface area contributed by atoms with Gasteiger partial charge in [0.1, 0.15) is 29.5 Å². The second kappa shape index (κ2) is 9.56. The third-order valence-corrected chi connectivity index (χ3v) is 14.5. The van der Waals surface area contributed by atoms with Gasteiger partial charge >= 0.3 is 5.97 Å². The summed E-state index contributed by atoms with van der Waals surface area (Å²) in [6.07, 6.45) is -0.886. The predicted octanol–water partition coefficient (Wildman–Crippen LogP) is 3.81. The first kappa shape index (κ1) is 29.5. The zero-order valence-electron chi connectivity index (χ0n) is 24.2. The van der Waals surface area contributed by atoms with Crippen molar-refractivity contribution in [2.75, 3.05) is 20.3 Å². The topological polar surface area (TPSA) is 115 Å². The summed E-state index contributed by atoms with van der Waals surface area (Å²) in [5.41, 5.74) is -4.13. The van der Waals surface area contributed by atoms with E-state index < -0.39 is 49.0 Å². The SMILES string of the molecule is COc1ccc(CO[C@@H]2C[C@]3([C@]4(O)CC(C)(C)C[C@H]4O)COC(=O)[C@@H](CO[Si](C)(C)C(C)(C)C)[C@@]23O)cc1. The number of aliphatic hydroxyl groups is 3. The fraction of sp³-hybridized carbons (Fsp3) is 0.759. The van der Waals surface area contributed by atoms with Crippen molar-refractivity contribution in [1.29, 1.82) is 0 Å². The van der Waals surface area contributed by atoms with E-state index in [1.807, 2.05) is 38.1 Å². The molecule has 6 atom stereocenters. The van der Waals surface area contributed by atoms with Crippen LogP contribution in [0.5, 0.6) is 5.75 Å². The number of carbonyl (C=O) groups excluding carboxylic acids is 1. The lowest BCUT2D eigenvalue weighted by Gasteiger charge is -2.69. The number of fused-ring (bicyclic) bond motifs is 1. The molecule has 0 spiro atoms. The average Bonchev–Trinajstić information content (AvgIpc) is 3.03. The Kier molecular flexibility index (Phi) is 7.42. The highest BCUT2D eigenvalue weighted by Gasteiger charge is 2.82. The second-order valence-electron chi connectivity index (χ2n) is 14.0. The van der Waals surface area contributed by atoms with Crippen molar-refractivity contribution in [1.82, 2.24) is 0 Å². The Bertz CT molecular complexity index is 1030. The zero-order valence-corrected chi connectivity index (χ0v) is 25.2. The van der Waals surface area contributed by atoms with Gasteiger partial charge in [-0.1, -0.05) is 46.8 Å². The van der Waals surface area contributed by atoms with Crippen LogP contribution in [0.3, 0.4) is 0 Å². The molecular weight excluding hydrogens is 504 g/mol. The van der Waals surface area contributed by atoms with Crippen molar-refractivity contribution >= 4 is 14.3 Å². The summed E-state index contributed by atoms with van der Waals surface area (Å²) in [5.74, 6) is -0.886. The summed E-state index contributed by atoms with van der Waals surface area (Å²) in [7, 11) is -0.672. The highest BCUT2D eigenvalue weighted by Crippen LogP contribution is 2.68. The van der Waals surface area contributed by atoms with Crippen molar-refractivity contribution in [3.8, 4) is 5.75 Å². The number of cyclic esters (lactones) is 1. The molecule has 2 aliphatic carbocycles. The largest absolute Gasteiger partial charge is 0.497 e. The highest BCUT2D eigenvalue weighted by molar-refractivity contribution is 6.74. The quantitative estimate of drug-likeness (QED) is 0.331. The summed E-state index contributed by atoms with van der Waals surface area (Å²) in [6.45, 7) is 14.5. The van der Waals surface area contributed by atoms with Gasteiger partial charge in [-0.05, 0) is 60.5 Å². The second-order valence-corrected chi connectivity index (χ2v) is 18.8. The Morgan fingerprint density at radius 1 is 1.11 bits per heavy atom. The third-order valence-electron chi connectivity index (χ3n) is 9.97. The number of hydrogen-bond acceptors (Lipinski definition) is 8. The number of hydrogen-bond donors (Lipinski definition) is 3. The van der Waals surface area contributed by atoms with Crippen LogP contribution in [0.25, 0.3) is 0 Å². The van der Waals surface area contributed by atoms with Gasteiger partial charge in [0.05, 0.1) is 37.9 Å². The Hall–Kier alpha value is -1.49. The maximum absolute atomic E-state index is 13.3. The fourth-order valence-corrected chi connectivity index (χ4v) is 7.59. The molecule has 1 aromatic carbocycles. The van der Waals surface area contributed by atoms with Crippen LogP contribution in [0.2, 0.25) is 18.1 Å². The Balaban J connectivity index is 1.67. The molecule has 0 radical (unpaired) electrons. The molecular formula is C29H46O8Si. The van der Waals surface area contributed by atoms with Crippen LogP contribution in [-0.2, 0) is 25.3 Å². The number of aliphatic hydroxyl groups excluding tert-OH is 1. The van der Waals surface area contributed by atoms with Crippen LogP contribution in [0.4, 0.5) is 0 Å². The molecule has 0 aromatic heterocycles. The Labute approximate surface area is 227 Å². The zero-order chi connectivity index (χ0) is 28.4. The summed E-state index contributed by atoms with van der Waals surface area (Å²) in [4.78, 5) is 13.3. The molecule has 1 aliphatic heterocycles. The maximum atomic E-state index is 13.3. The van der Waals surface area contributed by atoms with Crippen LogP contribution >= 0.6 is 0 Å². The Morgan fingerprint density at radius 3 is 2.26 bits per heavy atom. The lowest BCUT2D eigenvalue weighted by Crippen LogP contribution is -2.84. The van der Waals surface area contributed by atoms with Gasteiger partial charge in [-0.15, -0.1) is 0 Å². The van der Waals surface area contributed by atoms with Crippen LogP contribution < -0.4 is 4.74 Å². The van der Waals surface area contributed by atoms with E-state index in [1.54, 1.807) is 7.11 Å². The van der Waals surface area contributed by atoms with Crippen molar-refractivity contribution in [3.05, 3.63) is 29.8 Å². The normalized spacial score (nSPS) is 36.8. The van der Waals surface area contributed by atoms with Gasteiger partial charge in [0, 0.05) is 0 Å². The number of benzene rings is 1. The van der Waals surface area contributed by atoms with E-state index in [1.165, 1.54) is 0 Å². The summed E-state index contributed by atoms with van der Waals surface area (Å²) >= 11 is 0. The molecule has 38 heavy (non-hydrogen) atoms. The van der Waals surface area contributed by atoms with Gasteiger partial charge in [-0.2, -0.15) is 0 Å². The van der Waals surface area contributed by atoms with Crippen LogP contribution in [0.15, 0.2) is 24.3 Å². The first-order valence-corrected chi connectivity index (χ1v) is 16.5. The molecule has 0 amide bonds. The predicted molar refractivity (Wildman–Crippen MR) is 145 cm³/mol. The standard InChI is InChI=1S/C29H46O8Si/c1-25(2,3)38(7,8)37-16-21-24(31)36-18-27(28(32)17-26(4,5)13-22(28)30)14-23(29(21,27)33)35-15-19-9-11-20(34-6)12-10-19/h9-12,21-23,30,32-33H,13-18H2,1-8H3/t21-,22-,23-,27-,28+,29-/m1/s1. The number of methoxy groups -OCH3 is 1. The smallest absolute Gasteiger partial charge is 0.314 e. The third kappa shape index (κ3) is 4.53. The first-order chi connectivity index (χ1) is 17.4. The van der Waals surface area contributed by atoms with Gasteiger partial charge in [0.2, 0.25) is 0 Å². The average molecular weight is 551 g/mol. The van der Waals surface area contributed by atoms with Crippen molar-refractivity contribution in [2.45, 2.75) is 102 Å². The van der Waals surface area contributed by atoms with E-state index in [2.05, 4.69) is 33.9 Å². The van der Waals surface area contributed by atoms with E-state index in [4.69, 9.17) is 18.6 Å². The number of ether oxygens (including phenoxy) is 3. The lowest BCUT2D eigenvalue weighted by atomic mass is 9.43. The van der Waals surface area contributed by atoms with E-state index in [9.17, 15) is 20.1 Å². The van der Waals surface area contributed by atoms with E-state index in [-0.39, 0.29) is 43.1 Å². The van der Waals surface area contributed by atoms with Gasteiger partial charge in [0.15, 0.2) is 8.32 Å². The molecule has 9 heteroatoms. The Morgan fingerprint density at radius 2 is 1.74 bits per heavy atom. The van der Waals surface area contributed by atoms with Crippen LogP contribution in [-0.4, -0.2) is 73.3 Å². The number of rotatable bonds is 8. The van der Waals surface area contributed by atoms with Crippen molar-refractivity contribution in [2.24, 2.45) is 16.7 Å². The first-order valence-electron chi connectivity index (χ1n) is 13.6. The van der Waals surface area contributed by atoms with Gasteiger partial charge in [-0.25, -0.2) is 0 Å². The van der Waals surface area contributed by atoms with Crippen molar-refractivity contribution < 1.29 is 38.8 Å². The van der Waals surface area contributed by atoms with E-state index in [0.717, 1.165) is 11.3 Å². The van der Waals surface area contributed by atoms with Gasteiger partial charge < -0.3 is 34.0 Å². The summed E-state index contributed by atoms with van der Waals surface area (Å²) < 4.78 is 23.6. The minimum Gasteiger partial charge on any atom is -0.497 e. The maximum Gasteiger partial charge on any atom is 0.314 e. The number of esters is 1. The monoisotopic (exact) mass is 550 g/mol. The molecule has 1 heterocycles. The molecule has 3 fully saturated rings. The summed E-state index contributed by atoms with van der Waals surface area (Å²) in [6, 6.07) is 7.45. The number of carbonyl (C=O) groups is 1. The molecule has 1 aromatic rings. The van der Waals surface area contributed by atoms with E-state index in [0.29, 0.717) is 6.42 Å². The molecule has 214 valence electrons. The molecule has 3 N–H and O–H groups in total. The van der Waals surface area contributed by atoms with E-state index >= 15 is 0 Å². The molecule has 2 saturated carbocycles. The summed E-state index contributed by atoms with van der Waals surface area (Å²) in [5, 5.41) is 35.7. The molecule has 0 unspecified atom stereocenters. The van der Waals surface area contributed by atoms with Gasteiger partial charge in [-0.3, -0.25) is 4.79 Å². The molecule has 8 nitrogen and oxygen atoms in total. The minimum atomic E-state index is -2.28. The lowest BCUT2D eigenvalue weighted by molar-refractivity contribution is -0.372. The van der Waals surface area contributed by atoms with Crippen molar-refractivity contribution in [3.63, 3.8) is 0 Å². The van der Waals surface area contributed by atoms with Crippen LogP contribution in [0, 0.1) is 16.7 Å². The minimum absolute atomic E-state index is 0.0362. The molecule has 3 aliphatic rings. The van der Waals surface area contributed by atoms with Crippen LogP contribution in [0.1, 0.15) is 59.4 Å².